The highest BCUT2D eigenvalue weighted by atomic mass is 32.1. The molecule has 25 heavy (non-hydrogen) atoms. The molecule has 0 fully saturated rings. The van der Waals surface area contributed by atoms with Crippen LogP contribution < -0.4 is 10.1 Å². The molecule has 5 nitrogen and oxygen atoms in total. The number of hydrogen-bond acceptors (Lipinski definition) is 6. The number of rotatable bonds is 4. The van der Waals surface area contributed by atoms with E-state index in [2.05, 4.69) is 15.3 Å². The minimum Gasteiger partial charge on any atom is -0.494 e. The number of anilines is 1. The van der Waals surface area contributed by atoms with Crippen LogP contribution in [0.15, 0.2) is 53.9 Å². The quantitative estimate of drug-likeness (QED) is 0.569. The Kier molecular flexibility index (Phi) is 4.17. The van der Waals surface area contributed by atoms with Crippen molar-refractivity contribution in [3.63, 3.8) is 0 Å². The zero-order valence-electron chi connectivity index (χ0n) is 13.2. The molecule has 0 aliphatic carbocycles. The van der Waals surface area contributed by atoms with Crippen LogP contribution in [0.3, 0.4) is 0 Å². The molecule has 4 rings (SSSR count). The predicted octanol–water partition coefficient (Wildman–Crippen LogP) is 4.68. The standard InChI is InChI=1S/C18H13N3O2S2/c1-23-13-8-5-9-14-15(13)20-18(25-14)21-16(22)12-10-24-17(19-12)11-6-3-2-4-7-11/h2-10H,1H3,(H,20,21,22). The fourth-order valence-corrected chi connectivity index (χ4v) is 4.08. The molecule has 0 spiro atoms. The fraction of sp³-hybridized carbons (Fsp3) is 0.0556. The molecule has 0 bridgehead atoms. The number of aromatic nitrogens is 2. The minimum absolute atomic E-state index is 0.267. The number of nitrogens with zero attached hydrogens (tertiary/aromatic N) is 2. The van der Waals surface area contributed by atoms with Crippen LogP contribution >= 0.6 is 22.7 Å². The maximum atomic E-state index is 12.5. The van der Waals surface area contributed by atoms with Gasteiger partial charge in [0.25, 0.3) is 5.91 Å². The Morgan fingerprint density at radius 3 is 2.72 bits per heavy atom. The Bertz CT molecular complexity index is 1040. The Balaban J connectivity index is 1.57. The van der Waals surface area contributed by atoms with Gasteiger partial charge in [-0.1, -0.05) is 47.7 Å². The van der Waals surface area contributed by atoms with E-state index in [0.29, 0.717) is 16.6 Å². The summed E-state index contributed by atoms with van der Waals surface area (Å²) in [5.41, 5.74) is 2.12. The van der Waals surface area contributed by atoms with Crippen LogP contribution in [0.2, 0.25) is 0 Å². The Labute approximate surface area is 152 Å². The number of benzene rings is 2. The van der Waals surface area contributed by atoms with Crippen LogP contribution in [-0.2, 0) is 0 Å². The number of methoxy groups -OCH3 is 1. The number of amides is 1. The zero-order valence-corrected chi connectivity index (χ0v) is 14.9. The van der Waals surface area contributed by atoms with Crippen molar-refractivity contribution in [3.8, 4) is 16.3 Å². The maximum absolute atomic E-state index is 12.5. The van der Waals surface area contributed by atoms with Crippen molar-refractivity contribution in [1.29, 1.82) is 0 Å². The van der Waals surface area contributed by atoms with Gasteiger partial charge in [-0.15, -0.1) is 11.3 Å². The number of hydrogen-bond donors (Lipinski definition) is 1. The molecule has 0 saturated carbocycles. The van der Waals surface area contributed by atoms with Crippen LogP contribution in [0.1, 0.15) is 10.5 Å². The fourth-order valence-electron chi connectivity index (χ4n) is 2.39. The van der Waals surface area contributed by atoms with Gasteiger partial charge in [0.05, 0.1) is 11.8 Å². The van der Waals surface area contributed by atoms with E-state index in [9.17, 15) is 4.79 Å². The first-order valence-corrected chi connectivity index (χ1v) is 9.20. The van der Waals surface area contributed by atoms with E-state index in [-0.39, 0.29) is 5.91 Å². The third kappa shape index (κ3) is 3.11. The highest BCUT2D eigenvalue weighted by Crippen LogP contribution is 2.32. The third-order valence-electron chi connectivity index (χ3n) is 3.58. The lowest BCUT2D eigenvalue weighted by Gasteiger charge is -1.98. The van der Waals surface area contributed by atoms with Crippen LogP contribution in [0.4, 0.5) is 5.13 Å². The molecule has 2 aromatic heterocycles. The first-order chi connectivity index (χ1) is 12.2. The Morgan fingerprint density at radius 1 is 1.08 bits per heavy atom. The third-order valence-corrected chi connectivity index (χ3v) is 5.41. The molecular weight excluding hydrogens is 354 g/mol. The second-order valence-corrected chi connectivity index (χ2v) is 7.07. The van der Waals surface area contributed by atoms with Gasteiger partial charge in [0, 0.05) is 10.9 Å². The van der Waals surface area contributed by atoms with Gasteiger partial charge >= 0.3 is 0 Å². The lowest BCUT2D eigenvalue weighted by atomic mass is 10.2. The van der Waals surface area contributed by atoms with Gasteiger partial charge in [-0.2, -0.15) is 0 Å². The summed E-state index contributed by atoms with van der Waals surface area (Å²) in [4.78, 5) is 21.3. The highest BCUT2D eigenvalue weighted by Gasteiger charge is 2.15. The topological polar surface area (TPSA) is 64.1 Å². The lowest BCUT2D eigenvalue weighted by molar-refractivity contribution is 0.102. The van der Waals surface area contributed by atoms with Crippen LogP contribution in [0.5, 0.6) is 5.75 Å². The van der Waals surface area contributed by atoms with Crippen LogP contribution in [0, 0.1) is 0 Å². The summed E-state index contributed by atoms with van der Waals surface area (Å²) in [5, 5.41) is 5.92. The monoisotopic (exact) mass is 367 g/mol. The second kappa shape index (κ2) is 6.62. The molecule has 0 aliphatic heterocycles. The maximum Gasteiger partial charge on any atom is 0.276 e. The van der Waals surface area contributed by atoms with E-state index >= 15 is 0 Å². The summed E-state index contributed by atoms with van der Waals surface area (Å²) in [6.07, 6.45) is 0. The summed E-state index contributed by atoms with van der Waals surface area (Å²) in [7, 11) is 1.60. The number of thiazole rings is 2. The van der Waals surface area contributed by atoms with Crippen molar-refractivity contribution >= 4 is 43.9 Å². The number of ether oxygens (including phenoxy) is 1. The number of fused-ring (bicyclic) bond motifs is 1. The molecule has 0 unspecified atom stereocenters. The number of nitrogens with one attached hydrogen (secondary N) is 1. The van der Waals surface area contributed by atoms with Crippen molar-refractivity contribution in [2.75, 3.05) is 12.4 Å². The van der Waals surface area contributed by atoms with Gasteiger partial charge in [-0.3, -0.25) is 10.1 Å². The molecule has 7 heteroatoms. The molecule has 0 aliphatic rings. The Hall–Kier alpha value is -2.77. The highest BCUT2D eigenvalue weighted by molar-refractivity contribution is 7.22. The second-order valence-electron chi connectivity index (χ2n) is 5.18. The summed E-state index contributed by atoms with van der Waals surface area (Å²) in [6, 6.07) is 15.5. The molecule has 124 valence electrons. The number of para-hydroxylation sites is 1. The number of carbonyl (C=O) groups excluding carboxylic acids is 1. The molecule has 0 radical (unpaired) electrons. The molecule has 2 aromatic carbocycles. The van der Waals surface area contributed by atoms with E-state index < -0.39 is 0 Å². The van der Waals surface area contributed by atoms with Gasteiger partial charge in [0.2, 0.25) is 0 Å². The number of carbonyl (C=O) groups is 1. The first kappa shape index (κ1) is 15.7. The van der Waals surface area contributed by atoms with Crippen LogP contribution in [-0.4, -0.2) is 23.0 Å². The molecular formula is C18H13N3O2S2. The summed E-state index contributed by atoms with van der Waals surface area (Å²) in [5.74, 6) is 0.422. The molecule has 4 aromatic rings. The molecule has 1 amide bonds. The van der Waals surface area contributed by atoms with Crippen molar-refractivity contribution in [1.82, 2.24) is 9.97 Å². The summed E-state index contributed by atoms with van der Waals surface area (Å²) < 4.78 is 6.26. The van der Waals surface area contributed by atoms with Gasteiger partial charge < -0.3 is 4.74 Å². The average Bonchev–Trinajstić information content (AvgIpc) is 3.29. The van der Waals surface area contributed by atoms with E-state index in [4.69, 9.17) is 4.74 Å². The van der Waals surface area contributed by atoms with Gasteiger partial charge in [-0.25, -0.2) is 9.97 Å². The minimum atomic E-state index is -0.267. The lowest BCUT2D eigenvalue weighted by Crippen LogP contribution is -2.11. The van der Waals surface area contributed by atoms with E-state index in [1.54, 1.807) is 12.5 Å². The van der Waals surface area contributed by atoms with Crippen molar-refractivity contribution < 1.29 is 9.53 Å². The zero-order chi connectivity index (χ0) is 17.2. The smallest absolute Gasteiger partial charge is 0.276 e. The van der Waals surface area contributed by atoms with E-state index in [1.165, 1.54) is 22.7 Å². The van der Waals surface area contributed by atoms with E-state index in [0.717, 1.165) is 20.8 Å². The van der Waals surface area contributed by atoms with Crippen molar-refractivity contribution in [3.05, 3.63) is 59.6 Å². The van der Waals surface area contributed by atoms with Crippen molar-refractivity contribution in [2.24, 2.45) is 0 Å². The summed E-state index contributed by atoms with van der Waals surface area (Å²) >= 11 is 2.85. The molecule has 0 atom stereocenters. The van der Waals surface area contributed by atoms with E-state index in [1.807, 2.05) is 48.5 Å². The molecule has 1 N–H and O–H groups in total. The largest absolute Gasteiger partial charge is 0.494 e. The SMILES string of the molecule is COc1cccc2sc(NC(=O)c3csc(-c4ccccc4)n3)nc12. The first-order valence-electron chi connectivity index (χ1n) is 7.50. The average molecular weight is 367 g/mol. The molecule has 0 saturated heterocycles. The van der Waals surface area contributed by atoms with Crippen molar-refractivity contribution in [2.45, 2.75) is 0 Å². The summed E-state index contributed by atoms with van der Waals surface area (Å²) in [6.45, 7) is 0. The van der Waals surface area contributed by atoms with Gasteiger partial charge in [0.15, 0.2) is 5.13 Å². The van der Waals surface area contributed by atoms with Crippen LogP contribution in [0.25, 0.3) is 20.8 Å². The van der Waals surface area contributed by atoms with Gasteiger partial charge in [0.1, 0.15) is 22.0 Å². The molecule has 2 heterocycles. The van der Waals surface area contributed by atoms with Gasteiger partial charge in [-0.05, 0) is 12.1 Å². The Morgan fingerprint density at radius 2 is 1.92 bits per heavy atom. The predicted molar refractivity (Wildman–Crippen MR) is 102 cm³/mol. The normalized spacial score (nSPS) is 10.8.